The number of amides is 1. The van der Waals surface area contributed by atoms with E-state index in [1.54, 1.807) is 37.4 Å². The lowest BCUT2D eigenvalue weighted by molar-refractivity contribution is 0.0947. The van der Waals surface area contributed by atoms with Crippen molar-refractivity contribution in [1.29, 1.82) is 0 Å². The summed E-state index contributed by atoms with van der Waals surface area (Å²) in [6.45, 7) is 0.644. The van der Waals surface area contributed by atoms with Gasteiger partial charge >= 0.3 is 5.63 Å². The van der Waals surface area contributed by atoms with Crippen molar-refractivity contribution in [1.82, 2.24) is 5.32 Å². The SMILES string of the molecule is COc1cc(CNC(=O)c2cc3ccccc3oc2=O)ccc1OCc1ccccc1. The topological polar surface area (TPSA) is 77.8 Å². The minimum absolute atomic E-state index is 0.0338. The fraction of sp³-hybridized carbons (Fsp3) is 0.120. The molecule has 0 atom stereocenters. The molecule has 31 heavy (non-hydrogen) atoms. The van der Waals surface area contributed by atoms with Crippen molar-refractivity contribution in [2.45, 2.75) is 13.2 Å². The molecule has 0 unspecified atom stereocenters. The Morgan fingerprint density at radius 1 is 0.903 bits per heavy atom. The Balaban J connectivity index is 1.44. The molecular weight excluding hydrogens is 394 g/mol. The molecule has 0 saturated carbocycles. The van der Waals surface area contributed by atoms with E-state index in [0.717, 1.165) is 11.1 Å². The standard InChI is InChI=1S/C25H21NO5/c1-29-23-13-18(11-12-22(23)30-16-17-7-3-2-4-8-17)15-26-24(27)20-14-19-9-5-6-10-21(19)31-25(20)28/h2-14H,15-16H2,1H3,(H,26,27). The molecule has 1 N–H and O–H groups in total. The van der Waals surface area contributed by atoms with E-state index in [9.17, 15) is 9.59 Å². The number of benzene rings is 3. The van der Waals surface area contributed by atoms with Crippen molar-refractivity contribution in [2.75, 3.05) is 7.11 Å². The Morgan fingerprint density at radius 3 is 2.48 bits per heavy atom. The number of fused-ring (bicyclic) bond motifs is 1. The quantitative estimate of drug-likeness (QED) is 0.455. The van der Waals surface area contributed by atoms with Crippen LogP contribution in [-0.2, 0) is 13.2 Å². The van der Waals surface area contributed by atoms with E-state index in [0.29, 0.717) is 29.1 Å². The van der Waals surface area contributed by atoms with Crippen LogP contribution in [0.5, 0.6) is 11.5 Å². The van der Waals surface area contributed by atoms with Gasteiger partial charge in [-0.15, -0.1) is 0 Å². The second kappa shape index (κ2) is 9.17. The van der Waals surface area contributed by atoms with Crippen LogP contribution in [-0.4, -0.2) is 13.0 Å². The number of methoxy groups -OCH3 is 1. The van der Waals surface area contributed by atoms with Crippen LogP contribution in [0.1, 0.15) is 21.5 Å². The Labute approximate surface area is 179 Å². The van der Waals surface area contributed by atoms with Gasteiger partial charge in [-0.3, -0.25) is 4.79 Å². The zero-order chi connectivity index (χ0) is 21.6. The molecule has 6 heteroatoms. The molecule has 3 aromatic carbocycles. The van der Waals surface area contributed by atoms with Crippen molar-refractivity contribution in [2.24, 2.45) is 0 Å². The number of ether oxygens (including phenoxy) is 2. The third kappa shape index (κ3) is 4.75. The van der Waals surface area contributed by atoms with Gasteiger partial charge in [-0.25, -0.2) is 4.79 Å². The summed E-state index contributed by atoms with van der Waals surface area (Å²) in [5.41, 5.74) is 1.60. The van der Waals surface area contributed by atoms with Crippen molar-refractivity contribution in [3.05, 3.63) is 106 Å². The van der Waals surface area contributed by atoms with Crippen LogP contribution in [0.3, 0.4) is 0 Å². The lowest BCUT2D eigenvalue weighted by Gasteiger charge is -2.13. The van der Waals surface area contributed by atoms with Gasteiger partial charge in [0, 0.05) is 11.9 Å². The van der Waals surface area contributed by atoms with Gasteiger partial charge in [-0.2, -0.15) is 0 Å². The Morgan fingerprint density at radius 2 is 1.68 bits per heavy atom. The summed E-state index contributed by atoms with van der Waals surface area (Å²) in [6.07, 6.45) is 0. The van der Waals surface area contributed by atoms with Crippen LogP contribution in [0.2, 0.25) is 0 Å². The molecule has 0 aliphatic rings. The van der Waals surface area contributed by atoms with E-state index >= 15 is 0 Å². The maximum Gasteiger partial charge on any atom is 0.349 e. The first-order valence-electron chi connectivity index (χ1n) is 9.79. The van der Waals surface area contributed by atoms with Crippen molar-refractivity contribution < 1.29 is 18.7 Å². The van der Waals surface area contributed by atoms with E-state index in [1.165, 1.54) is 6.07 Å². The zero-order valence-electron chi connectivity index (χ0n) is 17.0. The highest BCUT2D eigenvalue weighted by Gasteiger charge is 2.14. The van der Waals surface area contributed by atoms with Gasteiger partial charge in [-0.05, 0) is 35.4 Å². The molecular formula is C25H21NO5. The van der Waals surface area contributed by atoms with Crippen LogP contribution in [0, 0.1) is 0 Å². The van der Waals surface area contributed by atoms with Gasteiger partial charge in [0.2, 0.25) is 0 Å². The average Bonchev–Trinajstić information content (AvgIpc) is 2.81. The minimum atomic E-state index is -0.668. The fourth-order valence-corrected chi connectivity index (χ4v) is 3.17. The normalized spacial score (nSPS) is 10.6. The number of hydrogen-bond donors (Lipinski definition) is 1. The number of carbonyl (C=O) groups is 1. The molecule has 0 radical (unpaired) electrons. The average molecular weight is 415 g/mol. The first-order chi connectivity index (χ1) is 15.1. The fourth-order valence-electron chi connectivity index (χ4n) is 3.17. The third-order valence-corrected chi connectivity index (χ3v) is 4.80. The second-order valence-corrected chi connectivity index (χ2v) is 6.93. The van der Waals surface area contributed by atoms with E-state index in [2.05, 4.69) is 5.32 Å². The monoisotopic (exact) mass is 415 g/mol. The van der Waals surface area contributed by atoms with Gasteiger partial charge < -0.3 is 19.2 Å². The summed E-state index contributed by atoms with van der Waals surface area (Å²) in [5.74, 6) is 0.673. The number of hydrogen-bond acceptors (Lipinski definition) is 5. The van der Waals surface area contributed by atoms with Gasteiger partial charge in [0.05, 0.1) is 7.11 Å². The molecule has 0 aliphatic heterocycles. The molecule has 0 spiro atoms. The Bertz CT molecular complexity index is 1260. The molecule has 0 bridgehead atoms. The number of carbonyl (C=O) groups excluding carboxylic acids is 1. The summed E-state index contributed by atoms with van der Waals surface area (Å²) < 4.78 is 16.5. The van der Waals surface area contributed by atoms with E-state index < -0.39 is 11.5 Å². The Kier molecular flexibility index (Phi) is 5.98. The summed E-state index contributed by atoms with van der Waals surface area (Å²) >= 11 is 0. The van der Waals surface area contributed by atoms with Crippen LogP contribution in [0.15, 0.2) is 88.1 Å². The molecule has 0 fully saturated rings. The summed E-state index contributed by atoms with van der Waals surface area (Å²) in [5, 5.41) is 3.44. The van der Waals surface area contributed by atoms with Crippen LogP contribution < -0.4 is 20.4 Å². The maximum atomic E-state index is 12.5. The molecule has 156 valence electrons. The zero-order valence-corrected chi connectivity index (χ0v) is 17.0. The minimum Gasteiger partial charge on any atom is -0.493 e. The lowest BCUT2D eigenvalue weighted by Crippen LogP contribution is -2.27. The highest BCUT2D eigenvalue weighted by atomic mass is 16.5. The second-order valence-electron chi connectivity index (χ2n) is 6.93. The first kappa shape index (κ1) is 20.2. The van der Waals surface area contributed by atoms with Crippen LogP contribution >= 0.6 is 0 Å². The maximum absolute atomic E-state index is 12.5. The van der Waals surface area contributed by atoms with Gasteiger partial charge in [-0.1, -0.05) is 54.6 Å². The van der Waals surface area contributed by atoms with E-state index in [-0.39, 0.29) is 12.1 Å². The van der Waals surface area contributed by atoms with Gasteiger partial charge in [0.15, 0.2) is 11.5 Å². The van der Waals surface area contributed by atoms with Crippen LogP contribution in [0.4, 0.5) is 0 Å². The summed E-state index contributed by atoms with van der Waals surface area (Å²) in [7, 11) is 1.56. The van der Waals surface area contributed by atoms with E-state index in [4.69, 9.17) is 13.9 Å². The lowest BCUT2D eigenvalue weighted by atomic mass is 10.1. The molecule has 1 aromatic heterocycles. The number of para-hydroxylation sites is 1. The first-order valence-corrected chi connectivity index (χ1v) is 9.79. The molecule has 1 heterocycles. The number of nitrogens with one attached hydrogen (secondary N) is 1. The van der Waals surface area contributed by atoms with Crippen molar-refractivity contribution >= 4 is 16.9 Å². The van der Waals surface area contributed by atoms with Crippen molar-refractivity contribution in [3.63, 3.8) is 0 Å². The smallest absolute Gasteiger partial charge is 0.349 e. The molecule has 0 aliphatic carbocycles. The van der Waals surface area contributed by atoms with Gasteiger partial charge in [0.1, 0.15) is 17.8 Å². The summed E-state index contributed by atoms with van der Waals surface area (Å²) in [6, 6.07) is 23.9. The molecule has 1 amide bonds. The Hall–Kier alpha value is -4.06. The number of rotatable bonds is 7. The highest BCUT2D eigenvalue weighted by Crippen LogP contribution is 2.29. The predicted molar refractivity (Wildman–Crippen MR) is 117 cm³/mol. The predicted octanol–water partition coefficient (Wildman–Crippen LogP) is 4.31. The van der Waals surface area contributed by atoms with E-state index in [1.807, 2.05) is 42.5 Å². The summed E-state index contributed by atoms with van der Waals surface area (Å²) in [4.78, 5) is 24.7. The highest BCUT2D eigenvalue weighted by molar-refractivity contribution is 5.96. The molecule has 4 rings (SSSR count). The molecule has 6 nitrogen and oxygen atoms in total. The van der Waals surface area contributed by atoms with Gasteiger partial charge in [0.25, 0.3) is 5.91 Å². The largest absolute Gasteiger partial charge is 0.493 e. The molecule has 4 aromatic rings. The third-order valence-electron chi connectivity index (χ3n) is 4.80. The van der Waals surface area contributed by atoms with Crippen molar-refractivity contribution in [3.8, 4) is 11.5 Å². The van der Waals surface area contributed by atoms with Crippen LogP contribution in [0.25, 0.3) is 11.0 Å². The molecule has 0 saturated heterocycles.